The summed E-state index contributed by atoms with van der Waals surface area (Å²) in [6, 6.07) is 1.43. The van der Waals surface area contributed by atoms with Crippen molar-refractivity contribution in [2.45, 2.75) is 85.3 Å². The minimum atomic E-state index is -0.782. The van der Waals surface area contributed by atoms with Gasteiger partial charge in [0.05, 0.1) is 0 Å². The maximum Gasteiger partial charge on any atom is 0.280 e. The fourth-order valence-corrected chi connectivity index (χ4v) is 3.49. The second-order valence-corrected chi connectivity index (χ2v) is 9.74. The molecule has 0 amide bonds. The van der Waals surface area contributed by atoms with Crippen molar-refractivity contribution in [2.24, 2.45) is 10.8 Å². The van der Waals surface area contributed by atoms with Crippen molar-refractivity contribution in [2.75, 3.05) is 0 Å². The Bertz CT molecular complexity index is 818. The Kier molecular flexibility index (Phi) is 8.20. The molecule has 2 rings (SSSR count). The highest BCUT2D eigenvalue weighted by Crippen LogP contribution is 2.32. The molecule has 3 N–H and O–H groups in total. The zero-order chi connectivity index (χ0) is 22.4. The van der Waals surface area contributed by atoms with E-state index in [1.807, 2.05) is 13.8 Å². The smallest absolute Gasteiger partial charge is 0.280 e. The number of rotatable bonds is 13. The molecule has 1 aliphatic rings. The van der Waals surface area contributed by atoms with Gasteiger partial charge in [-0.2, -0.15) is 5.16 Å². The number of nitrogens with one attached hydrogen (secondary N) is 2. The van der Waals surface area contributed by atoms with Crippen LogP contribution in [-0.4, -0.2) is 28.1 Å². The lowest BCUT2D eigenvalue weighted by molar-refractivity contribution is -0.124. The van der Waals surface area contributed by atoms with Gasteiger partial charge in [0.25, 0.3) is 5.56 Å². The van der Waals surface area contributed by atoms with Crippen molar-refractivity contribution in [3.8, 4) is 0 Å². The van der Waals surface area contributed by atoms with Crippen LogP contribution in [0, 0.1) is 10.8 Å². The van der Waals surface area contributed by atoms with Gasteiger partial charge in [0, 0.05) is 50.7 Å². The summed E-state index contributed by atoms with van der Waals surface area (Å²) in [5.41, 5.74) is 1.88. The summed E-state index contributed by atoms with van der Waals surface area (Å²) in [4.78, 5) is 40.8. The van der Waals surface area contributed by atoms with Crippen molar-refractivity contribution in [1.29, 1.82) is 0 Å². The molecule has 0 spiro atoms. The predicted octanol–water partition coefficient (Wildman–Crippen LogP) is 3.17. The van der Waals surface area contributed by atoms with E-state index in [0.717, 1.165) is 0 Å². The van der Waals surface area contributed by atoms with E-state index in [1.54, 1.807) is 6.08 Å². The molecule has 1 atom stereocenters. The summed E-state index contributed by atoms with van der Waals surface area (Å²) >= 11 is 0. The first-order valence-corrected chi connectivity index (χ1v) is 10.5. The minimum Gasteiger partial charge on any atom is -0.411 e. The van der Waals surface area contributed by atoms with E-state index in [2.05, 4.69) is 24.5 Å². The molecule has 0 radical (unpaired) electrons. The fraction of sp³-hybridized carbons (Fsp3) is 0.682. The van der Waals surface area contributed by atoms with E-state index in [1.165, 1.54) is 6.07 Å². The second-order valence-electron chi connectivity index (χ2n) is 9.74. The lowest BCUT2D eigenvalue weighted by atomic mass is 9.81. The molecule has 2 heterocycles. The molecule has 1 unspecified atom stereocenters. The number of aromatic nitrogens is 1. The molecule has 8 nitrogen and oxygen atoms in total. The highest BCUT2D eigenvalue weighted by Gasteiger charge is 2.26. The van der Waals surface area contributed by atoms with Gasteiger partial charge in [-0.3, -0.25) is 14.4 Å². The maximum atomic E-state index is 12.2. The molecule has 0 saturated heterocycles. The number of hydrogen-bond acceptors (Lipinski definition) is 7. The van der Waals surface area contributed by atoms with Crippen molar-refractivity contribution < 1.29 is 24.1 Å². The van der Waals surface area contributed by atoms with Crippen LogP contribution < -0.4 is 11.0 Å². The normalized spacial score (nSPS) is 17.0. The van der Waals surface area contributed by atoms with Crippen molar-refractivity contribution in [3.63, 3.8) is 0 Å². The van der Waals surface area contributed by atoms with Gasteiger partial charge in [-0.25, -0.2) is 0 Å². The monoisotopic (exact) mass is 422 g/mol. The van der Waals surface area contributed by atoms with Crippen LogP contribution in [0.2, 0.25) is 0 Å². The minimum absolute atomic E-state index is 0.0794. The van der Waals surface area contributed by atoms with E-state index in [4.69, 9.17) is 9.36 Å². The first-order chi connectivity index (χ1) is 13.9. The van der Waals surface area contributed by atoms with Gasteiger partial charge in [-0.1, -0.05) is 27.7 Å². The molecule has 8 heteroatoms. The Balaban J connectivity index is 1.65. The van der Waals surface area contributed by atoms with Crippen LogP contribution >= 0.6 is 0 Å². The molecule has 0 aliphatic carbocycles. The number of carbonyl (C=O) groups excluding carboxylic acids is 2. The van der Waals surface area contributed by atoms with Crippen LogP contribution in [0.3, 0.4) is 0 Å². The van der Waals surface area contributed by atoms with Crippen LogP contribution in [0.25, 0.3) is 0 Å². The van der Waals surface area contributed by atoms with Gasteiger partial charge < -0.3 is 14.5 Å². The van der Waals surface area contributed by atoms with Crippen molar-refractivity contribution >= 4 is 11.6 Å². The zero-order valence-corrected chi connectivity index (χ0v) is 18.4. The zero-order valence-electron chi connectivity index (χ0n) is 18.4. The van der Waals surface area contributed by atoms with Crippen LogP contribution in [0.5, 0.6) is 0 Å². The highest BCUT2D eigenvalue weighted by molar-refractivity contribution is 5.86. The Morgan fingerprint density at radius 2 is 1.57 bits per heavy atom. The third kappa shape index (κ3) is 8.67. The number of hydroxylamine groups is 1. The van der Waals surface area contributed by atoms with Gasteiger partial charge in [0.1, 0.15) is 23.1 Å². The topological polar surface area (TPSA) is 122 Å². The number of allylic oxidation sites excluding steroid dienone is 1. The average Bonchev–Trinajstić information content (AvgIpc) is 3.23. The Morgan fingerprint density at radius 1 is 1.00 bits per heavy atom. The van der Waals surface area contributed by atoms with Crippen LogP contribution in [0.4, 0.5) is 0 Å². The lowest BCUT2D eigenvalue weighted by Gasteiger charge is -2.24. The molecular weight excluding hydrogens is 388 g/mol. The Labute approximate surface area is 177 Å². The molecule has 0 aromatic carbocycles. The highest BCUT2D eigenvalue weighted by atomic mass is 16.7. The van der Waals surface area contributed by atoms with E-state index in [9.17, 15) is 19.5 Å². The number of carbonyl (C=O) groups is 2. The number of aromatic amines is 1. The number of H-pyrrole nitrogens is 1. The quantitative estimate of drug-likeness (QED) is 0.446. The maximum absolute atomic E-state index is 12.2. The van der Waals surface area contributed by atoms with Gasteiger partial charge >= 0.3 is 0 Å². The molecule has 168 valence electrons. The van der Waals surface area contributed by atoms with Gasteiger partial charge in [-0.05, 0) is 23.7 Å². The standard InChI is InChI=1S/C22H34N2O6/c1-21(2,13-17-11-19(27)23-29-17)9-7-15(25)5-6-16(26)8-10-22(3,4)14-18-12-20(28)24-30-18/h11-12,19,23,27H,5-10,13-14H2,1-4H3,(H,24,28). The van der Waals surface area contributed by atoms with Crippen LogP contribution in [-0.2, 0) is 20.8 Å². The number of hydrogen-bond donors (Lipinski definition) is 3. The molecule has 1 aromatic heterocycles. The van der Waals surface area contributed by atoms with Crippen LogP contribution in [0.15, 0.2) is 27.2 Å². The molecule has 0 fully saturated rings. The number of aliphatic hydroxyl groups is 1. The fourth-order valence-electron chi connectivity index (χ4n) is 3.49. The van der Waals surface area contributed by atoms with Gasteiger partial charge in [0.2, 0.25) is 0 Å². The average molecular weight is 423 g/mol. The molecule has 0 saturated carbocycles. The number of ketones is 2. The van der Waals surface area contributed by atoms with Gasteiger partial charge in [0.15, 0.2) is 6.23 Å². The molecule has 0 bridgehead atoms. The van der Waals surface area contributed by atoms with Crippen molar-refractivity contribution in [3.05, 3.63) is 34.0 Å². The summed E-state index contributed by atoms with van der Waals surface area (Å²) in [5.74, 6) is 1.43. The van der Waals surface area contributed by atoms with Gasteiger partial charge in [-0.15, -0.1) is 5.48 Å². The SMILES string of the molecule is CC(C)(CCC(=O)CCC(=O)CCC(C)(C)Cc1cc(=O)[nH]o1)CC1=CC(O)NO1. The lowest BCUT2D eigenvalue weighted by Crippen LogP contribution is -2.20. The van der Waals surface area contributed by atoms with E-state index in [-0.39, 0.29) is 40.8 Å². The second kappa shape index (κ2) is 10.2. The third-order valence-electron chi connectivity index (χ3n) is 5.38. The molecule has 30 heavy (non-hydrogen) atoms. The first kappa shape index (κ1) is 24.1. The number of aliphatic hydroxyl groups excluding tert-OH is 1. The summed E-state index contributed by atoms with van der Waals surface area (Å²) in [7, 11) is 0. The van der Waals surface area contributed by atoms with E-state index < -0.39 is 6.23 Å². The number of Topliss-reactive ketones (excluding diaryl/α,β-unsaturated/α-hetero) is 2. The van der Waals surface area contributed by atoms with Crippen LogP contribution in [0.1, 0.15) is 78.4 Å². The van der Waals surface area contributed by atoms with E-state index in [0.29, 0.717) is 50.0 Å². The van der Waals surface area contributed by atoms with Crippen molar-refractivity contribution in [1.82, 2.24) is 10.6 Å². The molecular formula is C22H34N2O6. The third-order valence-corrected chi connectivity index (χ3v) is 5.38. The Morgan fingerprint density at radius 3 is 2.03 bits per heavy atom. The van der Waals surface area contributed by atoms with E-state index >= 15 is 0 Å². The molecule has 1 aliphatic heterocycles. The first-order valence-electron chi connectivity index (χ1n) is 10.5. The Hall–Kier alpha value is -2.19. The summed E-state index contributed by atoms with van der Waals surface area (Å²) in [5, 5.41) is 11.7. The summed E-state index contributed by atoms with van der Waals surface area (Å²) < 4.78 is 5.09. The predicted molar refractivity (Wildman–Crippen MR) is 111 cm³/mol. The summed E-state index contributed by atoms with van der Waals surface area (Å²) in [6.07, 6.45) is 4.73. The largest absolute Gasteiger partial charge is 0.411 e. The summed E-state index contributed by atoms with van der Waals surface area (Å²) in [6.45, 7) is 8.15. The molecule has 1 aromatic rings.